The van der Waals surface area contributed by atoms with Crippen LogP contribution in [0, 0.1) is 13.8 Å². The van der Waals surface area contributed by atoms with Gasteiger partial charge in [-0.25, -0.2) is 9.97 Å². The number of hydrogen-bond acceptors (Lipinski definition) is 6. The minimum absolute atomic E-state index is 0.118. The molecule has 2 aliphatic rings. The third kappa shape index (κ3) is 4.90. The first-order chi connectivity index (χ1) is 27.6. The Morgan fingerprint density at radius 1 is 0.860 bits per heavy atom. The van der Waals surface area contributed by atoms with E-state index in [0.717, 1.165) is 106 Å². The zero-order valence-corrected chi connectivity index (χ0v) is 32.9. The maximum absolute atomic E-state index is 15.7. The third-order valence-corrected chi connectivity index (χ3v) is 12.7. The number of H-pyrrole nitrogens is 2. The highest BCUT2D eigenvalue weighted by molar-refractivity contribution is 6.25. The van der Waals surface area contributed by atoms with Crippen molar-refractivity contribution in [2.75, 3.05) is 7.11 Å². The molecule has 3 aromatic carbocycles. The topological polar surface area (TPSA) is 118 Å². The molecule has 2 N–H and O–H groups in total. The van der Waals surface area contributed by atoms with Crippen LogP contribution in [0.4, 0.5) is 0 Å². The second-order valence-corrected chi connectivity index (χ2v) is 15.6. The van der Waals surface area contributed by atoms with Crippen LogP contribution in [-0.2, 0) is 9.53 Å². The number of ether oxygens (including phenoxy) is 1. The molecule has 5 aromatic heterocycles. The van der Waals surface area contributed by atoms with Crippen LogP contribution < -0.4 is 5.56 Å². The van der Waals surface area contributed by atoms with Crippen molar-refractivity contribution in [1.29, 1.82) is 0 Å². The van der Waals surface area contributed by atoms with E-state index in [1.807, 2.05) is 34.7 Å². The summed E-state index contributed by atoms with van der Waals surface area (Å²) in [5.74, 6) is -0.671. The van der Waals surface area contributed by atoms with Crippen molar-refractivity contribution in [2.45, 2.75) is 65.7 Å². The molecule has 9 heteroatoms. The molecule has 0 spiro atoms. The first-order valence-electron chi connectivity index (χ1n) is 19.7. The Bertz CT molecular complexity index is 3340. The number of hydrogen-bond donors (Lipinski definition) is 2. The van der Waals surface area contributed by atoms with Crippen LogP contribution in [0.5, 0.6) is 0 Å². The number of nitrogens with one attached hydrogen (secondary N) is 2. The quantitative estimate of drug-likeness (QED) is 0.134. The van der Waals surface area contributed by atoms with Gasteiger partial charge in [0.05, 0.1) is 46.1 Å². The molecule has 0 saturated heterocycles. The van der Waals surface area contributed by atoms with Gasteiger partial charge in [0.25, 0.3) is 5.56 Å². The number of allylic oxidation sites excluding steroid dienone is 2. The molecule has 9 nitrogen and oxygen atoms in total. The van der Waals surface area contributed by atoms with Gasteiger partial charge in [0, 0.05) is 62.2 Å². The number of imidazole rings is 1. The molecule has 7 heterocycles. The van der Waals surface area contributed by atoms with Crippen molar-refractivity contribution in [3.63, 3.8) is 0 Å². The van der Waals surface area contributed by atoms with Crippen LogP contribution in [0.25, 0.3) is 88.3 Å². The van der Waals surface area contributed by atoms with Crippen LogP contribution in [0.1, 0.15) is 91.3 Å². The second kappa shape index (κ2) is 12.7. The molecule has 8 bridgehead atoms. The normalized spacial score (nSPS) is 15.9. The van der Waals surface area contributed by atoms with Crippen LogP contribution in [0.2, 0.25) is 0 Å². The van der Waals surface area contributed by atoms with Gasteiger partial charge in [0.1, 0.15) is 0 Å². The monoisotopic (exact) mass is 750 g/mol. The fourth-order valence-electron chi connectivity index (χ4n) is 9.62. The average Bonchev–Trinajstić information content (AvgIpc) is 3.99. The summed E-state index contributed by atoms with van der Waals surface area (Å²) in [5, 5.41) is 5.42. The number of rotatable bonds is 5. The Labute approximate surface area is 328 Å². The molecule has 0 saturated carbocycles. The number of aryl methyl sites for hydroxylation is 2. The predicted molar refractivity (Wildman–Crippen MR) is 232 cm³/mol. The standard InChI is InChI=1S/C48H42N6O3/c1-8-27-23(3)34-20-36-25(5)29(18-19-40(55)57-7)43(51-36)42-45-41(26(6)37(52-45)22-39-28(9-2)24(4)35(50-39)21-38(27)49-34)47-53-44-32-16-12-10-14-30(32)31-15-11-13-17-33(31)46(44)54(47)48(42)56/h8,10-17,20-22,25,29,49,52H,1,9,18-19H2,2-7H3/t25-,29-/m0/s1. The van der Waals surface area contributed by atoms with Crippen LogP contribution in [-0.4, -0.2) is 42.4 Å². The molecule has 0 amide bonds. The fourth-order valence-corrected chi connectivity index (χ4v) is 9.62. The molecule has 0 radical (unpaired) electrons. The molecule has 282 valence electrons. The summed E-state index contributed by atoms with van der Waals surface area (Å²) < 4.78 is 6.94. The summed E-state index contributed by atoms with van der Waals surface area (Å²) in [6.45, 7) is 14.8. The van der Waals surface area contributed by atoms with E-state index in [4.69, 9.17) is 19.7 Å². The van der Waals surface area contributed by atoms with Gasteiger partial charge in [-0.2, -0.15) is 0 Å². The van der Waals surface area contributed by atoms with E-state index in [9.17, 15) is 4.79 Å². The number of benzene rings is 3. The van der Waals surface area contributed by atoms with Gasteiger partial charge in [-0.15, -0.1) is 0 Å². The largest absolute Gasteiger partial charge is 0.469 e. The first-order valence-corrected chi connectivity index (χ1v) is 19.7. The lowest BCUT2D eigenvalue weighted by atomic mass is 9.86. The molecule has 57 heavy (non-hydrogen) atoms. The first kappa shape index (κ1) is 34.8. The van der Waals surface area contributed by atoms with Crippen molar-refractivity contribution in [2.24, 2.45) is 0 Å². The summed E-state index contributed by atoms with van der Waals surface area (Å²) in [6.07, 6.45) is 3.33. The van der Waals surface area contributed by atoms with Gasteiger partial charge < -0.3 is 14.7 Å². The number of pyridine rings is 1. The fraction of sp³-hybridized carbons (Fsp3) is 0.229. The summed E-state index contributed by atoms with van der Waals surface area (Å²) in [5.41, 5.74) is 13.8. The predicted octanol–water partition coefficient (Wildman–Crippen LogP) is 10.8. The highest BCUT2D eigenvalue weighted by atomic mass is 16.5. The average molecular weight is 751 g/mol. The molecule has 0 aliphatic carbocycles. The Morgan fingerprint density at radius 3 is 2.26 bits per heavy atom. The highest BCUT2D eigenvalue weighted by Crippen LogP contribution is 2.44. The van der Waals surface area contributed by atoms with E-state index in [-0.39, 0.29) is 29.8 Å². The Balaban J connectivity index is 1.47. The number of methoxy groups -OCH3 is 1. The second-order valence-electron chi connectivity index (χ2n) is 15.6. The van der Waals surface area contributed by atoms with Gasteiger partial charge in [0.15, 0.2) is 5.65 Å². The van der Waals surface area contributed by atoms with Crippen molar-refractivity contribution in [1.82, 2.24) is 29.3 Å². The zero-order valence-electron chi connectivity index (χ0n) is 32.9. The lowest BCUT2D eigenvalue weighted by molar-refractivity contribution is -0.140. The Hall–Kier alpha value is -6.61. The number of nitrogens with zero attached hydrogens (tertiary/aromatic N) is 4. The molecule has 0 fully saturated rings. The van der Waals surface area contributed by atoms with E-state index in [1.165, 1.54) is 7.11 Å². The van der Waals surface area contributed by atoms with Gasteiger partial charge in [-0.05, 0) is 84.9 Å². The lowest BCUT2D eigenvalue weighted by Crippen LogP contribution is -2.16. The minimum atomic E-state index is -0.300. The van der Waals surface area contributed by atoms with Crippen LogP contribution in [0.3, 0.4) is 0 Å². The number of fused-ring (bicyclic) bond motifs is 17. The van der Waals surface area contributed by atoms with Gasteiger partial charge in [-0.1, -0.05) is 75.0 Å². The smallest absolute Gasteiger partial charge is 0.305 e. The van der Waals surface area contributed by atoms with Crippen LogP contribution >= 0.6 is 0 Å². The molecular formula is C48H42N6O3. The third-order valence-electron chi connectivity index (χ3n) is 12.7. The number of carbonyl (C=O) groups is 1. The molecule has 8 aromatic rings. The van der Waals surface area contributed by atoms with E-state index < -0.39 is 0 Å². The van der Waals surface area contributed by atoms with Gasteiger partial charge >= 0.3 is 5.97 Å². The number of esters is 1. The summed E-state index contributed by atoms with van der Waals surface area (Å²) in [4.78, 5) is 51.8. The molecule has 10 rings (SSSR count). The van der Waals surface area contributed by atoms with E-state index >= 15 is 4.79 Å². The summed E-state index contributed by atoms with van der Waals surface area (Å²) in [7, 11) is 1.41. The number of carbonyl (C=O) groups excluding carboxylic acids is 1. The van der Waals surface area contributed by atoms with E-state index in [2.05, 4.69) is 93.6 Å². The Morgan fingerprint density at radius 2 is 1.54 bits per heavy atom. The molecule has 0 unspecified atom stereocenters. The van der Waals surface area contributed by atoms with Gasteiger partial charge in [-0.3, -0.25) is 19.0 Å². The molecule has 2 aliphatic heterocycles. The summed E-state index contributed by atoms with van der Waals surface area (Å²) >= 11 is 0. The van der Waals surface area contributed by atoms with Crippen LogP contribution in [0.15, 0.2) is 78.1 Å². The molecular weight excluding hydrogens is 709 g/mol. The number of aromatic nitrogens is 6. The molecule has 2 atom stereocenters. The number of aromatic amines is 2. The van der Waals surface area contributed by atoms with Crippen molar-refractivity contribution < 1.29 is 9.53 Å². The Kier molecular flexibility index (Phi) is 7.77. The van der Waals surface area contributed by atoms with Crippen molar-refractivity contribution in [3.05, 3.63) is 123 Å². The van der Waals surface area contributed by atoms with Gasteiger partial charge in [0.2, 0.25) is 0 Å². The van der Waals surface area contributed by atoms with Crippen molar-refractivity contribution >= 4 is 94.3 Å². The zero-order chi connectivity index (χ0) is 39.4. The van der Waals surface area contributed by atoms with E-state index in [0.29, 0.717) is 28.7 Å². The SMILES string of the molecule is C=Cc1c(C)c2cc3nc(c4c(=O)n5c(nc6c7ccccc7c7ccccc7c65)c5c(C)c(cc6nc(cc1[nH]2)C(C)=C6CC)[nH]c45)[C@@H](CCC(=O)OC)[C@@H]3C. The maximum atomic E-state index is 15.7. The lowest BCUT2D eigenvalue weighted by Gasteiger charge is -2.16. The minimum Gasteiger partial charge on any atom is -0.469 e. The summed E-state index contributed by atoms with van der Waals surface area (Å²) in [6, 6.07) is 22.8. The maximum Gasteiger partial charge on any atom is 0.305 e. The highest BCUT2D eigenvalue weighted by Gasteiger charge is 2.34. The van der Waals surface area contributed by atoms with E-state index in [1.54, 1.807) is 0 Å². The van der Waals surface area contributed by atoms with Crippen molar-refractivity contribution in [3.8, 4) is 0 Å².